The lowest BCUT2D eigenvalue weighted by atomic mass is 10.1. The van der Waals surface area contributed by atoms with E-state index in [4.69, 9.17) is 28.9 Å². The Balaban J connectivity index is 2.49. The molecule has 0 aliphatic carbocycles. The van der Waals surface area contributed by atoms with Gasteiger partial charge in [0.25, 0.3) is 0 Å². The molecule has 2 aromatic rings. The first-order chi connectivity index (χ1) is 7.15. The molecule has 1 aromatic heterocycles. The summed E-state index contributed by atoms with van der Waals surface area (Å²) in [5, 5.41) is 1.19. The van der Waals surface area contributed by atoms with Crippen molar-refractivity contribution < 1.29 is 0 Å². The molecule has 0 unspecified atom stereocenters. The van der Waals surface area contributed by atoms with Gasteiger partial charge < -0.3 is 5.73 Å². The topological polar surface area (TPSA) is 38.9 Å². The van der Waals surface area contributed by atoms with Gasteiger partial charge in [-0.25, -0.2) is 0 Å². The maximum Gasteiger partial charge on any atom is 0.0704 e. The van der Waals surface area contributed by atoms with Crippen LogP contribution in [0.25, 0.3) is 11.3 Å². The molecule has 0 atom stereocenters. The fraction of sp³-hybridized carbons (Fsp3) is 0. The normalized spacial score (nSPS) is 10.3. The molecule has 0 aliphatic heterocycles. The summed E-state index contributed by atoms with van der Waals surface area (Å²) in [5.41, 5.74) is 7.86. The number of hydrogen-bond acceptors (Lipinski definition) is 2. The molecule has 76 valence electrons. The third kappa shape index (κ3) is 2.41. The van der Waals surface area contributed by atoms with E-state index in [9.17, 15) is 0 Å². The van der Waals surface area contributed by atoms with Crippen LogP contribution in [0.15, 0.2) is 36.5 Å². The highest BCUT2D eigenvalue weighted by atomic mass is 35.5. The molecule has 0 amide bonds. The van der Waals surface area contributed by atoms with Crippen LogP contribution in [0.1, 0.15) is 0 Å². The molecule has 1 heterocycles. The zero-order valence-electron chi connectivity index (χ0n) is 7.74. The molecule has 2 nitrogen and oxygen atoms in total. The smallest absolute Gasteiger partial charge is 0.0704 e. The summed E-state index contributed by atoms with van der Waals surface area (Å²) in [6, 6.07) is 8.93. The van der Waals surface area contributed by atoms with Crippen molar-refractivity contribution in [1.82, 2.24) is 4.98 Å². The van der Waals surface area contributed by atoms with Gasteiger partial charge in [-0.2, -0.15) is 0 Å². The maximum absolute atomic E-state index is 5.89. The number of nitrogens with zero attached hydrogens (tertiary/aromatic N) is 1. The fourth-order valence-electron chi connectivity index (χ4n) is 1.28. The maximum atomic E-state index is 5.89. The summed E-state index contributed by atoms with van der Waals surface area (Å²) in [5.74, 6) is 0. The van der Waals surface area contributed by atoms with Crippen molar-refractivity contribution in [3.8, 4) is 11.3 Å². The van der Waals surface area contributed by atoms with Gasteiger partial charge in [0.2, 0.25) is 0 Å². The number of rotatable bonds is 1. The van der Waals surface area contributed by atoms with Gasteiger partial charge in [0, 0.05) is 15.6 Å². The molecule has 0 aliphatic rings. The second-order valence-electron chi connectivity index (χ2n) is 3.13. The van der Waals surface area contributed by atoms with E-state index in [-0.39, 0.29) is 0 Å². The lowest BCUT2D eigenvalue weighted by molar-refractivity contribution is 1.33. The van der Waals surface area contributed by atoms with Gasteiger partial charge >= 0.3 is 0 Å². The Morgan fingerprint density at radius 2 is 1.67 bits per heavy atom. The minimum absolute atomic E-state index is 0.594. The molecular formula is C11H8Cl2N2. The summed E-state index contributed by atoms with van der Waals surface area (Å²) in [6.07, 6.45) is 1.60. The lowest BCUT2D eigenvalue weighted by Gasteiger charge is -2.02. The second kappa shape index (κ2) is 4.09. The quantitative estimate of drug-likeness (QED) is 0.825. The van der Waals surface area contributed by atoms with E-state index in [1.54, 1.807) is 18.3 Å². The van der Waals surface area contributed by atoms with E-state index in [0.717, 1.165) is 11.3 Å². The van der Waals surface area contributed by atoms with Crippen LogP contribution in [0.3, 0.4) is 0 Å². The largest absolute Gasteiger partial charge is 0.397 e. The Labute approximate surface area is 97.7 Å². The molecule has 2 rings (SSSR count). The van der Waals surface area contributed by atoms with E-state index in [1.807, 2.05) is 18.2 Å². The van der Waals surface area contributed by atoms with E-state index < -0.39 is 0 Å². The van der Waals surface area contributed by atoms with Crippen LogP contribution in [0.5, 0.6) is 0 Å². The van der Waals surface area contributed by atoms with Crippen LogP contribution in [-0.2, 0) is 0 Å². The van der Waals surface area contributed by atoms with Crippen LogP contribution < -0.4 is 5.73 Å². The van der Waals surface area contributed by atoms with E-state index in [0.29, 0.717) is 15.7 Å². The number of aromatic nitrogens is 1. The van der Waals surface area contributed by atoms with Crippen molar-refractivity contribution in [2.24, 2.45) is 0 Å². The molecule has 15 heavy (non-hydrogen) atoms. The third-order valence-corrected chi connectivity index (χ3v) is 2.38. The van der Waals surface area contributed by atoms with Gasteiger partial charge in [0.1, 0.15) is 0 Å². The molecule has 0 spiro atoms. The lowest BCUT2D eigenvalue weighted by Crippen LogP contribution is -1.88. The molecule has 0 saturated heterocycles. The van der Waals surface area contributed by atoms with Gasteiger partial charge in [-0.1, -0.05) is 23.2 Å². The fourth-order valence-corrected chi connectivity index (χ4v) is 1.80. The molecule has 1 aromatic carbocycles. The van der Waals surface area contributed by atoms with E-state index >= 15 is 0 Å². The summed E-state index contributed by atoms with van der Waals surface area (Å²) < 4.78 is 0. The SMILES string of the molecule is Nc1ccc(-c2cc(Cl)cc(Cl)c2)nc1. The number of nitrogen functional groups attached to an aromatic ring is 1. The van der Waals surface area contributed by atoms with Gasteiger partial charge in [0.05, 0.1) is 17.6 Å². The third-order valence-electron chi connectivity index (χ3n) is 1.94. The first-order valence-electron chi connectivity index (χ1n) is 4.33. The Morgan fingerprint density at radius 3 is 2.20 bits per heavy atom. The van der Waals surface area contributed by atoms with Crippen molar-refractivity contribution in [2.45, 2.75) is 0 Å². The number of hydrogen-bond donors (Lipinski definition) is 1. The first-order valence-corrected chi connectivity index (χ1v) is 5.09. The number of anilines is 1. The number of nitrogens with two attached hydrogens (primary N) is 1. The predicted octanol–water partition coefficient (Wildman–Crippen LogP) is 3.64. The van der Waals surface area contributed by atoms with Crippen molar-refractivity contribution in [2.75, 3.05) is 5.73 Å². The van der Waals surface area contributed by atoms with Gasteiger partial charge in [-0.3, -0.25) is 4.98 Å². The van der Waals surface area contributed by atoms with Gasteiger partial charge in [-0.15, -0.1) is 0 Å². The highest BCUT2D eigenvalue weighted by molar-refractivity contribution is 6.35. The van der Waals surface area contributed by atoms with Crippen LogP contribution in [0.2, 0.25) is 10.0 Å². The van der Waals surface area contributed by atoms with Crippen molar-refractivity contribution in [1.29, 1.82) is 0 Å². The van der Waals surface area contributed by atoms with Gasteiger partial charge in [0.15, 0.2) is 0 Å². The molecule has 2 N–H and O–H groups in total. The summed E-state index contributed by atoms with van der Waals surface area (Å²) >= 11 is 11.8. The zero-order valence-corrected chi connectivity index (χ0v) is 9.26. The number of pyridine rings is 1. The molecule has 0 bridgehead atoms. The van der Waals surface area contributed by atoms with Crippen LogP contribution in [0.4, 0.5) is 5.69 Å². The average Bonchev–Trinajstić information content (AvgIpc) is 2.17. The standard InChI is InChI=1S/C11H8Cl2N2/c12-8-3-7(4-9(13)5-8)11-2-1-10(14)6-15-11/h1-6H,14H2. The van der Waals surface area contributed by atoms with Crippen molar-refractivity contribution in [3.05, 3.63) is 46.6 Å². The predicted molar refractivity (Wildman–Crippen MR) is 64.1 cm³/mol. The number of benzene rings is 1. The first kappa shape index (κ1) is 10.3. The number of halogens is 2. The van der Waals surface area contributed by atoms with E-state index in [2.05, 4.69) is 4.98 Å². The Kier molecular flexibility index (Phi) is 2.80. The highest BCUT2D eigenvalue weighted by Gasteiger charge is 2.02. The van der Waals surface area contributed by atoms with Crippen molar-refractivity contribution in [3.63, 3.8) is 0 Å². The van der Waals surface area contributed by atoms with Gasteiger partial charge in [-0.05, 0) is 30.3 Å². The van der Waals surface area contributed by atoms with E-state index in [1.165, 1.54) is 0 Å². The van der Waals surface area contributed by atoms with Crippen LogP contribution in [0, 0.1) is 0 Å². The molecule has 0 fully saturated rings. The monoisotopic (exact) mass is 238 g/mol. The van der Waals surface area contributed by atoms with Crippen LogP contribution >= 0.6 is 23.2 Å². The molecular weight excluding hydrogens is 231 g/mol. The summed E-state index contributed by atoms with van der Waals surface area (Å²) in [6.45, 7) is 0. The second-order valence-corrected chi connectivity index (χ2v) is 4.01. The Morgan fingerprint density at radius 1 is 1.00 bits per heavy atom. The van der Waals surface area contributed by atoms with Crippen molar-refractivity contribution >= 4 is 28.9 Å². The minimum Gasteiger partial charge on any atom is -0.397 e. The zero-order chi connectivity index (χ0) is 10.8. The summed E-state index contributed by atoms with van der Waals surface area (Å²) in [4.78, 5) is 4.19. The van der Waals surface area contributed by atoms with Crippen LogP contribution in [-0.4, -0.2) is 4.98 Å². The Hall–Kier alpha value is -1.25. The average molecular weight is 239 g/mol. The summed E-state index contributed by atoms with van der Waals surface area (Å²) in [7, 11) is 0. The molecule has 0 radical (unpaired) electrons. The molecule has 4 heteroatoms. The minimum atomic E-state index is 0.594. The highest BCUT2D eigenvalue weighted by Crippen LogP contribution is 2.26. The molecule has 0 saturated carbocycles. The Bertz CT molecular complexity index is 460.